The Morgan fingerprint density at radius 2 is 2.06 bits per heavy atom. The van der Waals surface area contributed by atoms with Crippen LogP contribution in [0.15, 0.2) is 18.2 Å². The standard InChI is InChI=1S/C14H19NO3/c1-10-3-4-12(9-13(10)18-2)15-7-5-11(6-8-15)14(16)17/h3-4,9,11H,5-8H2,1-2H3,(H,16,17). The summed E-state index contributed by atoms with van der Waals surface area (Å²) in [5.74, 6) is 0.0255. The number of ether oxygens (including phenoxy) is 1. The Bertz CT molecular complexity index is 437. The zero-order valence-electron chi connectivity index (χ0n) is 10.8. The SMILES string of the molecule is COc1cc(N2CCC(C(=O)O)CC2)ccc1C. The highest BCUT2D eigenvalue weighted by Crippen LogP contribution is 2.28. The van der Waals surface area contributed by atoms with Crippen molar-refractivity contribution in [2.45, 2.75) is 19.8 Å². The minimum absolute atomic E-state index is 0.186. The van der Waals surface area contributed by atoms with Crippen LogP contribution in [0, 0.1) is 12.8 Å². The third-order valence-corrected chi connectivity index (χ3v) is 3.60. The Kier molecular flexibility index (Phi) is 3.75. The van der Waals surface area contributed by atoms with Crippen molar-refractivity contribution in [3.8, 4) is 5.75 Å². The molecular formula is C14H19NO3. The summed E-state index contributed by atoms with van der Waals surface area (Å²) in [6, 6.07) is 6.13. The summed E-state index contributed by atoms with van der Waals surface area (Å²) in [7, 11) is 1.67. The highest BCUT2D eigenvalue weighted by molar-refractivity contribution is 5.70. The number of carboxylic acid groups (broad SMARTS) is 1. The van der Waals surface area contributed by atoms with Gasteiger partial charge in [-0.3, -0.25) is 4.79 Å². The molecule has 0 aromatic heterocycles. The van der Waals surface area contributed by atoms with Crippen molar-refractivity contribution >= 4 is 11.7 Å². The number of nitrogens with zero attached hydrogens (tertiary/aromatic N) is 1. The number of piperidine rings is 1. The first kappa shape index (κ1) is 12.7. The van der Waals surface area contributed by atoms with Crippen molar-refractivity contribution < 1.29 is 14.6 Å². The van der Waals surface area contributed by atoms with Crippen LogP contribution in [0.25, 0.3) is 0 Å². The van der Waals surface area contributed by atoms with Crippen LogP contribution < -0.4 is 9.64 Å². The van der Waals surface area contributed by atoms with Crippen molar-refractivity contribution in [2.75, 3.05) is 25.1 Å². The van der Waals surface area contributed by atoms with Crippen LogP contribution in [0.4, 0.5) is 5.69 Å². The molecule has 1 aliphatic heterocycles. The zero-order chi connectivity index (χ0) is 13.1. The molecule has 0 amide bonds. The molecule has 1 aromatic rings. The molecule has 0 radical (unpaired) electrons. The lowest BCUT2D eigenvalue weighted by Crippen LogP contribution is -2.36. The van der Waals surface area contributed by atoms with Crippen molar-refractivity contribution in [1.29, 1.82) is 0 Å². The lowest BCUT2D eigenvalue weighted by Gasteiger charge is -2.32. The third kappa shape index (κ3) is 2.58. The first-order valence-corrected chi connectivity index (χ1v) is 6.24. The number of aliphatic carboxylic acids is 1. The summed E-state index contributed by atoms with van der Waals surface area (Å²) < 4.78 is 5.32. The molecule has 1 aliphatic rings. The van der Waals surface area contributed by atoms with E-state index < -0.39 is 5.97 Å². The van der Waals surface area contributed by atoms with Crippen molar-refractivity contribution in [1.82, 2.24) is 0 Å². The average Bonchev–Trinajstić information content (AvgIpc) is 2.39. The van der Waals surface area contributed by atoms with Gasteiger partial charge in [-0.2, -0.15) is 0 Å². The van der Waals surface area contributed by atoms with Crippen LogP contribution in [0.3, 0.4) is 0 Å². The molecule has 0 bridgehead atoms. The lowest BCUT2D eigenvalue weighted by molar-refractivity contribution is -0.142. The smallest absolute Gasteiger partial charge is 0.306 e. The quantitative estimate of drug-likeness (QED) is 0.893. The van der Waals surface area contributed by atoms with Crippen LogP contribution in [0.5, 0.6) is 5.75 Å². The predicted molar refractivity (Wildman–Crippen MR) is 70.3 cm³/mol. The average molecular weight is 249 g/mol. The van der Waals surface area contributed by atoms with Gasteiger partial charge in [0.15, 0.2) is 0 Å². The predicted octanol–water partition coefficient (Wildman–Crippen LogP) is 2.30. The molecule has 0 atom stereocenters. The van der Waals surface area contributed by atoms with Crippen LogP contribution >= 0.6 is 0 Å². The van der Waals surface area contributed by atoms with E-state index in [-0.39, 0.29) is 5.92 Å². The van der Waals surface area contributed by atoms with Crippen LogP contribution in [-0.2, 0) is 4.79 Å². The summed E-state index contributed by atoms with van der Waals surface area (Å²) in [6.07, 6.45) is 1.43. The van der Waals surface area contributed by atoms with Gasteiger partial charge in [0.2, 0.25) is 0 Å². The number of hydrogen-bond acceptors (Lipinski definition) is 3. The highest BCUT2D eigenvalue weighted by Gasteiger charge is 2.24. The topological polar surface area (TPSA) is 49.8 Å². The van der Waals surface area contributed by atoms with Crippen LogP contribution in [0.2, 0.25) is 0 Å². The first-order chi connectivity index (χ1) is 8.61. The largest absolute Gasteiger partial charge is 0.496 e. The summed E-state index contributed by atoms with van der Waals surface area (Å²) in [6.45, 7) is 3.60. The zero-order valence-corrected chi connectivity index (χ0v) is 10.8. The number of hydrogen-bond donors (Lipinski definition) is 1. The Morgan fingerprint density at radius 3 is 2.61 bits per heavy atom. The fourth-order valence-electron chi connectivity index (χ4n) is 2.39. The molecule has 1 saturated heterocycles. The molecule has 2 rings (SSSR count). The van der Waals surface area contributed by atoms with E-state index in [1.165, 1.54) is 0 Å². The fraction of sp³-hybridized carbons (Fsp3) is 0.500. The number of carbonyl (C=O) groups is 1. The third-order valence-electron chi connectivity index (χ3n) is 3.60. The maximum atomic E-state index is 10.9. The van der Waals surface area contributed by atoms with Gasteiger partial charge in [0, 0.05) is 24.8 Å². The summed E-state index contributed by atoms with van der Waals surface area (Å²) in [5, 5.41) is 8.98. The molecule has 1 heterocycles. The Balaban J connectivity index is 2.07. The van der Waals surface area contributed by atoms with E-state index in [0.29, 0.717) is 12.8 Å². The maximum Gasteiger partial charge on any atom is 0.306 e. The second kappa shape index (κ2) is 5.29. The van der Waals surface area contributed by atoms with Gasteiger partial charge in [-0.05, 0) is 31.4 Å². The maximum absolute atomic E-state index is 10.9. The molecule has 4 nitrogen and oxygen atoms in total. The van der Waals surface area contributed by atoms with Crippen molar-refractivity contribution in [2.24, 2.45) is 5.92 Å². The molecule has 0 aliphatic carbocycles. The molecule has 0 spiro atoms. The molecule has 0 saturated carbocycles. The lowest BCUT2D eigenvalue weighted by atomic mass is 9.96. The monoisotopic (exact) mass is 249 g/mol. The van der Waals surface area contributed by atoms with Crippen LogP contribution in [0.1, 0.15) is 18.4 Å². The second-order valence-electron chi connectivity index (χ2n) is 4.75. The molecule has 1 N–H and O–H groups in total. The number of benzene rings is 1. The summed E-state index contributed by atoms with van der Waals surface area (Å²) in [4.78, 5) is 13.1. The van der Waals surface area contributed by atoms with E-state index in [9.17, 15) is 4.79 Å². The first-order valence-electron chi connectivity index (χ1n) is 6.24. The van der Waals surface area contributed by atoms with Gasteiger partial charge in [0.1, 0.15) is 5.75 Å². The van der Waals surface area contributed by atoms with Crippen molar-refractivity contribution in [3.05, 3.63) is 23.8 Å². The highest BCUT2D eigenvalue weighted by atomic mass is 16.5. The van der Waals surface area contributed by atoms with E-state index in [0.717, 1.165) is 30.1 Å². The van der Waals surface area contributed by atoms with E-state index in [4.69, 9.17) is 9.84 Å². The van der Waals surface area contributed by atoms with E-state index in [1.807, 2.05) is 19.1 Å². The molecule has 4 heteroatoms. The molecule has 98 valence electrons. The Labute approximate surface area is 107 Å². The molecule has 0 unspecified atom stereocenters. The number of carboxylic acids is 1. The van der Waals surface area contributed by atoms with Gasteiger partial charge < -0.3 is 14.7 Å². The Hall–Kier alpha value is -1.71. The summed E-state index contributed by atoms with van der Waals surface area (Å²) >= 11 is 0. The van der Waals surface area contributed by atoms with Gasteiger partial charge in [-0.25, -0.2) is 0 Å². The van der Waals surface area contributed by atoms with E-state index >= 15 is 0 Å². The normalized spacial score (nSPS) is 16.7. The van der Waals surface area contributed by atoms with Gasteiger partial charge >= 0.3 is 5.97 Å². The van der Waals surface area contributed by atoms with Gasteiger partial charge in [-0.1, -0.05) is 6.07 Å². The Morgan fingerprint density at radius 1 is 1.39 bits per heavy atom. The molecule has 18 heavy (non-hydrogen) atoms. The molecule has 1 fully saturated rings. The number of aryl methyl sites for hydroxylation is 1. The molecule has 1 aromatic carbocycles. The van der Waals surface area contributed by atoms with Gasteiger partial charge in [0.25, 0.3) is 0 Å². The number of anilines is 1. The molecular weight excluding hydrogens is 230 g/mol. The van der Waals surface area contributed by atoms with E-state index in [1.54, 1.807) is 7.11 Å². The van der Waals surface area contributed by atoms with Gasteiger partial charge in [0.05, 0.1) is 13.0 Å². The number of rotatable bonds is 3. The van der Waals surface area contributed by atoms with E-state index in [2.05, 4.69) is 11.0 Å². The van der Waals surface area contributed by atoms with Crippen molar-refractivity contribution in [3.63, 3.8) is 0 Å². The summed E-state index contributed by atoms with van der Waals surface area (Å²) in [5.41, 5.74) is 2.22. The number of methoxy groups -OCH3 is 1. The minimum Gasteiger partial charge on any atom is -0.496 e. The van der Waals surface area contributed by atoms with Gasteiger partial charge in [-0.15, -0.1) is 0 Å². The minimum atomic E-state index is -0.670. The fourth-order valence-corrected chi connectivity index (χ4v) is 2.39. The second-order valence-corrected chi connectivity index (χ2v) is 4.75. The van der Waals surface area contributed by atoms with Crippen LogP contribution in [-0.4, -0.2) is 31.3 Å².